The molecule has 2 unspecified atom stereocenters. The van der Waals surface area contributed by atoms with Gasteiger partial charge in [-0.15, -0.1) is 10.2 Å². The third-order valence-corrected chi connectivity index (χ3v) is 7.27. The predicted octanol–water partition coefficient (Wildman–Crippen LogP) is 4.26. The van der Waals surface area contributed by atoms with Crippen molar-refractivity contribution < 1.29 is 4.79 Å². The Morgan fingerprint density at radius 3 is 2.76 bits per heavy atom. The van der Waals surface area contributed by atoms with Crippen molar-refractivity contribution in [2.75, 3.05) is 16.8 Å². The Bertz CT molecular complexity index is 1250. The van der Waals surface area contributed by atoms with E-state index in [1.165, 1.54) is 0 Å². The fraction of sp³-hybridized carbons (Fsp3) is 0.462. The maximum absolute atomic E-state index is 13.6. The van der Waals surface area contributed by atoms with Crippen molar-refractivity contribution >= 4 is 17.4 Å². The van der Waals surface area contributed by atoms with Crippen molar-refractivity contribution in [3.63, 3.8) is 0 Å². The number of nitrogens with zero attached hydrogens (tertiary/aromatic N) is 6. The first-order valence-corrected chi connectivity index (χ1v) is 12.2. The van der Waals surface area contributed by atoms with Crippen LogP contribution in [-0.2, 0) is 13.0 Å². The van der Waals surface area contributed by atoms with E-state index in [1.54, 1.807) is 0 Å². The molecule has 0 saturated carbocycles. The van der Waals surface area contributed by atoms with E-state index < -0.39 is 0 Å². The monoisotopic (exact) mass is 459 g/mol. The number of carbonyl (C=O) groups excluding carboxylic acids is 1. The number of carbonyl (C=O) groups is 1. The summed E-state index contributed by atoms with van der Waals surface area (Å²) in [5, 5.41) is 8.84. The van der Waals surface area contributed by atoms with Crippen molar-refractivity contribution in [3.8, 4) is 11.4 Å². The molecule has 1 amide bonds. The van der Waals surface area contributed by atoms with Crippen molar-refractivity contribution in [1.29, 1.82) is 0 Å². The standard InChI is InChI=1S/C26H33N7O/c1-6-21(27)24-20-14-32(26(34)19(20)13-23(28-24)31(5)15(2)3)18-9-7-8-17(12-18)25-30-29-22-11-10-16(4)33(22)25/h7-9,12-13,15-16,21H,6,10-11,14,27H2,1-5H3. The van der Waals surface area contributed by atoms with E-state index >= 15 is 0 Å². The van der Waals surface area contributed by atoms with Gasteiger partial charge in [0.05, 0.1) is 17.8 Å². The van der Waals surface area contributed by atoms with Crippen molar-refractivity contribution in [3.05, 3.63) is 53.0 Å². The lowest BCUT2D eigenvalue weighted by atomic mass is 10.0. The van der Waals surface area contributed by atoms with Gasteiger partial charge in [0, 0.05) is 48.4 Å². The van der Waals surface area contributed by atoms with Gasteiger partial charge in [0.15, 0.2) is 5.82 Å². The van der Waals surface area contributed by atoms with E-state index in [-0.39, 0.29) is 18.0 Å². The Morgan fingerprint density at radius 2 is 2.03 bits per heavy atom. The van der Waals surface area contributed by atoms with E-state index in [0.717, 1.165) is 59.2 Å². The average Bonchev–Trinajstić information content (AvgIpc) is 3.52. The molecular formula is C26H33N7O. The Hall–Kier alpha value is -3.26. The van der Waals surface area contributed by atoms with Crippen molar-refractivity contribution in [2.24, 2.45) is 5.73 Å². The summed E-state index contributed by atoms with van der Waals surface area (Å²) in [7, 11) is 2.00. The number of hydrogen-bond donors (Lipinski definition) is 1. The predicted molar refractivity (Wildman–Crippen MR) is 134 cm³/mol. The first kappa shape index (κ1) is 22.5. The van der Waals surface area contributed by atoms with E-state index in [2.05, 4.69) is 40.4 Å². The van der Waals surface area contributed by atoms with Gasteiger partial charge >= 0.3 is 0 Å². The number of hydrogen-bond acceptors (Lipinski definition) is 6. The zero-order chi connectivity index (χ0) is 24.1. The summed E-state index contributed by atoms with van der Waals surface area (Å²) in [5.41, 5.74) is 10.7. The Morgan fingerprint density at radius 1 is 1.24 bits per heavy atom. The lowest BCUT2D eigenvalue weighted by molar-refractivity contribution is 0.0996. The molecule has 2 aliphatic heterocycles. The number of benzene rings is 1. The normalized spacial score (nSPS) is 17.9. The molecule has 5 rings (SSSR count). The van der Waals surface area contributed by atoms with Gasteiger partial charge in [0.25, 0.3) is 5.91 Å². The molecule has 2 aliphatic rings. The highest BCUT2D eigenvalue weighted by Gasteiger charge is 2.34. The lowest BCUT2D eigenvalue weighted by Crippen LogP contribution is -2.28. The van der Waals surface area contributed by atoms with Crippen LogP contribution >= 0.6 is 0 Å². The van der Waals surface area contributed by atoms with Crippen LogP contribution in [0.5, 0.6) is 0 Å². The summed E-state index contributed by atoms with van der Waals surface area (Å²) < 4.78 is 2.22. The molecule has 0 bridgehead atoms. The first-order valence-electron chi connectivity index (χ1n) is 12.2. The van der Waals surface area contributed by atoms with Crippen molar-refractivity contribution in [2.45, 2.75) is 71.6 Å². The van der Waals surface area contributed by atoms with Gasteiger partial charge in [0.1, 0.15) is 11.6 Å². The fourth-order valence-corrected chi connectivity index (χ4v) is 4.90. The number of amides is 1. The molecule has 4 heterocycles. The zero-order valence-electron chi connectivity index (χ0n) is 20.6. The van der Waals surface area contributed by atoms with Crippen molar-refractivity contribution in [1.82, 2.24) is 19.7 Å². The maximum Gasteiger partial charge on any atom is 0.259 e. The third-order valence-electron chi connectivity index (χ3n) is 7.27. The van der Waals surface area contributed by atoms with Gasteiger partial charge in [-0.2, -0.15) is 0 Å². The summed E-state index contributed by atoms with van der Waals surface area (Å²) in [6.07, 6.45) is 2.79. The van der Waals surface area contributed by atoms with Crippen LogP contribution in [0.2, 0.25) is 0 Å². The molecule has 8 nitrogen and oxygen atoms in total. The minimum absolute atomic E-state index is 0.0163. The number of anilines is 2. The Labute approximate surface area is 200 Å². The average molecular weight is 460 g/mol. The van der Waals surface area contributed by atoms with E-state index in [0.29, 0.717) is 18.2 Å². The van der Waals surface area contributed by atoms with Gasteiger partial charge in [-0.25, -0.2) is 4.98 Å². The molecule has 2 N–H and O–H groups in total. The van der Waals surface area contributed by atoms with Crippen LogP contribution in [0.1, 0.15) is 80.1 Å². The molecule has 0 spiro atoms. The lowest BCUT2D eigenvalue weighted by Gasteiger charge is -2.25. The summed E-state index contributed by atoms with van der Waals surface area (Å²) in [5.74, 6) is 2.66. The van der Waals surface area contributed by atoms with Crippen LogP contribution in [0, 0.1) is 0 Å². The van der Waals surface area contributed by atoms with Crippen LogP contribution < -0.4 is 15.5 Å². The Balaban J connectivity index is 1.54. The van der Waals surface area contributed by atoms with E-state index in [9.17, 15) is 4.79 Å². The molecule has 2 atom stereocenters. The number of rotatable bonds is 6. The molecular weight excluding hydrogens is 426 g/mol. The highest BCUT2D eigenvalue weighted by molar-refractivity contribution is 6.10. The highest BCUT2D eigenvalue weighted by atomic mass is 16.2. The topological polar surface area (TPSA) is 93.2 Å². The second-order valence-electron chi connectivity index (χ2n) is 9.75. The number of aryl methyl sites for hydroxylation is 1. The molecule has 0 aliphatic carbocycles. The summed E-state index contributed by atoms with van der Waals surface area (Å²) in [6.45, 7) is 8.93. The second kappa shape index (κ2) is 8.51. The zero-order valence-corrected chi connectivity index (χ0v) is 20.6. The third kappa shape index (κ3) is 3.57. The molecule has 1 aromatic carbocycles. The number of nitrogens with two attached hydrogens (primary N) is 1. The minimum atomic E-state index is -0.214. The van der Waals surface area contributed by atoms with Crippen LogP contribution in [-0.4, -0.2) is 38.7 Å². The number of fused-ring (bicyclic) bond motifs is 2. The molecule has 8 heteroatoms. The molecule has 178 valence electrons. The Kier molecular flexibility index (Phi) is 5.64. The summed E-state index contributed by atoms with van der Waals surface area (Å²) in [4.78, 5) is 22.5. The van der Waals surface area contributed by atoms with Gasteiger partial charge in [-0.1, -0.05) is 19.1 Å². The highest BCUT2D eigenvalue weighted by Crippen LogP contribution is 2.37. The minimum Gasteiger partial charge on any atom is -0.357 e. The smallest absolute Gasteiger partial charge is 0.259 e. The number of pyridine rings is 1. The van der Waals surface area contributed by atoms with E-state index in [4.69, 9.17) is 10.7 Å². The molecule has 34 heavy (non-hydrogen) atoms. The van der Waals surface area contributed by atoms with Gasteiger partial charge in [-0.05, 0) is 51.8 Å². The molecule has 0 radical (unpaired) electrons. The largest absolute Gasteiger partial charge is 0.357 e. The number of aromatic nitrogens is 4. The van der Waals surface area contributed by atoms with E-state index in [1.807, 2.05) is 49.2 Å². The van der Waals surface area contributed by atoms with Crippen LogP contribution in [0.3, 0.4) is 0 Å². The van der Waals surface area contributed by atoms with Crippen LogP contribution in [0.25, 0.3) is 11.4 Å². The van der Waals surface area contributed by atoms with Gasteiger partial charge in [0.2, 0.25) is 0 Å². The molecule has 0 saturated heterocycles. The first-order chi connectivity index (χ1) is 16.3. The second-order valence-corrected chi connectivity index (χ2v) is 9.75. The molecule has 3 aromatic rings. The summed E-state index contributed by atoms with van der Waals surface area (Å²) in [6, 6.07) is 10.4. The van der Waals surface area contributed by atoms with Gasteiger partial charge < -0.3 is 20.1 Å². The van der Waals surface area contributed by atoms with Gasteiger partial charge in [-0.3, -0.25) is 4.79 Å². The fourth-order valence-electron chi connectivity index (χ4n) is 4.90. The maximum atomic E-state index is 13.6. The summed E-state index contributed by atoms with van der Waals surface area (Å²) >= 11 is 0. The van der Waals surface area contributed by atoms with Crippen LogP contribution in [0.4, 0.5) is 11.5 Å². The quantitative estimate of drug-likeness (QED) is 0.592. The van der Waals surface area contributed by atoms with Crippen LogP contribution in [0.15, 0.2) is 30.3 Å². The SMILES string of the molecule is CCC(N)c1nc(N(C)C(C)C)cc2c1CN(c1cccc(-c3nnc4n3C(C)CC4)c1)C2=O. The molecule has 0 fully saturated rings. The molecule has 2 aromatic heterocycles.